The van der Waals surface area contributed by atoms with Crippen LogP contribution < -0.4 is 5.32 Å². The summed E-state index contributed by atoms with van der Waals surface area (Å²) in [4.78, 5) is 14.0. The van der Waals surface area contributed by atoms with E-state index in [0.29, 0.717) is 5.41 Å². The van der Waals surface area contributed by atoms with Gasteiger partial charge in [0.2, 0.25) is 0 Å². The molecule has 0 radical (unpaired) electrons. The van der Waals surface area contributed by atoms with Gasteiger partial charge in [-0.25, -0.2) is 4.79 Å². The second kappa shape index (κ2) is 6.87. The van der Waals surface area contributed by atoms with Gasteiger partial charge in [0.1, 0.15) is 0 Å². The van der Waals surface area contributed by atoms with E-state index in [4.69, 9.17) is 0 Å². The number of nitrogens with zero attached hydrogens (tertiary/aromatic N) is 1. The summed E-state index contributed by atoms with van der Waals surface area (Å²) >= 11 is 0. The van der Waals surface area contributed by atoms with E-state index < -0.39 is 0 Å². The second-order valence-corrected chi connectivity index (χ2v) is 5.32. The fraction of sp³-hybridized carbons (Fsp3) is 0.929. The lowest BCUT2D eigenvalue weighted by atomic mass is 9.75. The van der Waals surface area contributed by atoms with E-state index in [2.05, 4.69) is 26.1 Å². The number of likely N-dealkylation sites (tertiary alicyclic amines) is 1. The van der Waals surface area contributed by atoms with Gasteiger partial charge in [0.05, 0.1) is 0 Å². The van der Waals surface area contributed by atoms with Crippen LogP contribution >= 0.6 is 0 Å². The van der Waals surface area contributed by atoms with Crippen LogP contribution in [0.4, 0.5) is 4.79 Å². The molecular weight excluding hydrogens is 212 g/mol. The van der Waals surface area contributed by atoms with Crippen molar-refractivity contribution < 1.29 is 4.79 Å². The van der Waals surface area contributed by atoms with E-state index in [9.17, 15) is 4.79 Å². The summed E-state index contributed by atoms with van der Waals surface area (Å²) in [6.07, 6.45) is 7.01. The molecule has 0 aromatic heterocycles. The Balaban J connectivity index is 2.45. The van der Waals surface area contributed by atoms with Crippen LogP contribution in [-0.2, 0) is 0 Å². The Morgan fingerprint density at radius 2 is 2.00 bits per heavy atom. The Labute approximate surface area is 106 Å². The molecule has 0 aromatic carbocycles. The highest BCUT2D eigenvalue weighted by atomic mass is 16.2. The van der Waals surface area contributed by atoms with E-state index in [1.807, 2.05) is 4.90 Å². The Kier molecular flexibility index (Phi) is 5.79. The molecule has 3 nitrogen and oxygen atoms in total. The van der Waals surface area contributed by atoms with Crippen LogP contribution in [0.5, 0.6) is 0 Å². The van der Waals surface area contributed by atoms with E-state index in [0.717, 1.165) is 38.9 Å². The molecular formula is C14H28N2O. The van der Waals surface area contributed by atoms with Crippen molar-refractivity contribution in [2.75, 3.05) is 19.6 Å². The van der Waals surface area contributed by atoms with Crippen LogP contribution in [0.2, 0.25) is 0 Å². The number of carbonyl (C=O) groups excluding carboxylic acids is 1. The maximum Gasteiger partial charge on any atom is 0.317 e. The van der Waals surface area contributed by atoms with Gasteiger partial charge in [-0.15, -0.1) is 0 Å². The summed E-state index contributed by atoms with van der Waals surface area (Å²) in [5.41, 5.74) is 0.375. The van der Waals surface area contributed by atoms with Crippen LogP contribution in [0.3, 0.4) is 0 Å². The summed E-state index contributed by atoms with van der Waals surface area (Å²) in [6, 6.07) is 0.143. The van der Waals surface area contributed by atoms with Gasteiger partial charge in [0, 0.05) is 19.6 Å². The van der Waals surface area contributed by atoms with E-state index in [1.54, 1.807) is 0 Å². The highest BCUT2D eigenvalue weighted by molar-refractivity contribution is 5.74. The molecule has 1 N–H and O–H groups in total. The average Bonchev–Trinajstić information content (AvgIpc) is 2.39. The van der Waals surface area contributed by atoms with Crippen LogP contribution in [0.25, 0.3) is 0 Å². The first kappa shape index (κ1) is 14.3. The molecule has 0 bridgehead atoms. The number of rotatable bonds is 5. The molecule has 2 amide bonds. The maximum absolute atomic E-state index is 12.0. The molecule has 1 aliphatic rings. The summed E-state index contributed by atoms with van der Waals surface area (Å²) in [5.74, 6) is 0. The molecule has 1 aliphatic heterocycles. The van der Waals surface area contributed by atoms with E-state index in [1.165, 1.54) is 19.3 Å². The number of urea groups is 1. The number of nitrogens with one attached hydrogen (secondary N) is 1. The molecule has 1 saturated heterocycles. The van der Waals surface area contributed by atoms with Crippen molar-refractivity contribution in [2.45, 2.75) is 59.3 Å². The third kappa shape index (κ3) is 3.90. The molecule has 0 unspecified atom stereocenters. The van der Waals surface area contributed by atoms with Gasteiger partial charge < -0.3 is 10.2 Å². The maximum atomic E-state index is 12.0. The minimum atomic E-state index is 0.143. The van der Waals surface area contributed by atoms with Gasteiger partial charge in [-0.05, 0) is 37.5 Å². The van der Waals surface area contributed by atoms with Crippen molar-refractivity contribution in [1.82, 2.24) is 10.2 Å². The third-order valence-corrected chi connectivity index (χ3v) is 4.26. The van der Waals surface area contributed by atoms with Crippen molar-refractivity contribution in [3.8, 4) is 0 Å². The highest BCUT2D eigenvalue weighted by Crippen LogP contribution is 2.36. The highest BCUT2D eigenvalue weighted by Gasteiger charge is 2.33. The van der Waals surface area contributed by atoms with Gasteiger partial charge in [-0.2, -0.15) is 0 Å². The van der Waals surface area contributed by atoms with Crippen molar-refractivity contribution in [3.05, 3.63) is 0 Å². The predicted octanol–water partition coefficient (Wildman–Crippen LogP) is 3.40. The minimum Gasteiger partial charge on any atom is -0.338 e. The van der Waals surface area contributed by atoms with E-state index in [-0.39, 0.29) is 6.03 Å². The molecule has 100 valence electrons. The predicted molar refractivity (Wildman–Crippen MR) is 72.1 cm³/mol. The quantitative estimate of drug-likeness (QED) is 0.734. The smallest absolute Gasteiger partial charge is 0.317 e. The zero-order chi connectivity index (χ0) is 12.7. The summed E-state index contributed by atoms with van der Waals surface area (Å²) < 4.78 is 0. The van der Waals surface area contributed by atoms with Crippen molar-refractivity contribution in [1.29, 1.82) is 0 Å². The Morgan fingerprint density at radius 1 is 1.29 bits per heavy atom. The minimum absolute atomic E-state index is 0.143. The van der Waals surface area contributed by atoms with Crippen LogP contribution in [0.1, 0.15) is 59.3 Å². The largest absolute Gasteiger partial charge is 0.338 e. The lowest BCUT2D eigenvalue weighted by Crippen LogP contribution is -2.49. The molecule has 0 aliphatic carbocycles. The molecule has 0 spiro atoms. The lowest BCUT2D eigenvalue weighted by Gasteiger charge is -2.42. The SMILES string of the molecule is CCCCNC(=O)N1CCCC(CC)(CC)C1. The monoisotopic (exact) mass is 240 g/mol. The normalized spacial score (nSPS) is 19.1. The summed E-state index contributed by atoms with van der Waals surface area (Å²) in [6.45, 7) is 9.34. The van der Waals surface area contributed by atoms with E-state index >= 15 is 0 Å². The van der Waals surface area contributed by atoms with Gasteiger partial charge in [0.25, 0.3) is 0 Å². The molecule has 1 heterocycles. The Morgan fingerprint density at radius 3 is 2.59 bits per heavy atom. The zero-order valence-corrected chi connectivity index (χ0v) is 11.7. The van der Waals surface area contributed by atoms with Crippen LogP contribution in [0, 0.1) is 5.41 Å². The van der Waals surface area contributed by atoms with Crippen LogP contribution in [0.15, 0.2) is 0 Å². The fourth-order valence-corrected chi connectivity index (χ4v) is 2.69. The number of unbranched alkanes of at least 4 members (excludes halogenated alkanes) is 1. The van der Waals surface area contributed by atoms with Crippen molar-refractivity contribution >= 4 is 6.03 Å². The Hall–Kier alpha value is -0.730. The molecule has 1 fully saturated rings. The standard InChI is InChI=1S/C14H28N2O/c1-4-7-10-15-13(17)16-11-8-9-14(5-2,6-3)12-16/h4-12H2,1-3H3,(H,15,17). The first-order valence-electron chi connectivity index (χ1n) is 7.20. The fourth-order valence-electron chi connectivity index (χ4n) is 2.69. The number of hydrogen-bond donors (Lipinski definition) is 1. The second-order valence-electron chi connectivity index (χ2n) is 5.32. The number of hydrogen-bond acceptors (Lipinski definition) is 1. The molecule has 17 heavy (non-hydrogen) atoms. The lowest BCUT2D eigenvalue weighted by molar-refractivity contribution is 0.0971. The molecule has 0 atom stereocenters. The van der Waals surface area contributed by atoms with Crippen molar-refractivity contribution in [3.63, 3.8) is 0 Å². The summed E-state index contributed by atoms with van der Waals surface area (Å²) in [7, 11) is 0. The van der Waals surface area contributed by atoms with Crippen LogP contribution in [-0.4, -0.2) is 30.6 Å². The molecule has 0 aromatic rings. The van der Waals surface area contributed by atoms with Crippen molar-refractivity contribution in [2.24, 2.45) is 5.41 Å². The topological polar surface area (TPSA) is 32.3 Å². The van der Waals surface area contributed by atoms with Gasteiger partial charge in [-0.3, -0.25) is 0 Å². The molecule has 1 rings (SSSR count). The molecule has 0 saturated carbocycles. The Bertz CT molecular complexity index is 236. The number of carbonyl (C=O) groups is 1. The average molecular weight is 240 g/mol. The van der Waals surface area contributed by atoms with Gasteiger partial charge in [-0.1, -0.05) is 27.2 Å². The molecule has 3 heteroatoms. The zero-order valence-electron chi connectivity index (χ0n) is 11.7. The first-order valence-corrected chi connectivity index (χ1v) is 7.20. The first-order chi connectivity index (χ1) is 8.17. The third-order valence-electron chi connectivity index (χ3n) is 4.26. The van der Waals surface area contributed by atoms with Gasteiger partial charge in [0.15, 0.2) is 0 Å². The van der Waals surface area contributed by atoms with Gasteiger partial charge >= 0.3 is 6.03 Å². The number of amides is 2. The number of piperidine rings is 1. The summed E-state index contributed by atoms with van der Waals surface area (Å²) in [5, 5.41) is 3.03.